The van der Waals surface area contributed by atoms with Gasteiger partial charge in [0.05, 0.1) is 19.3 Å². The predicted molar refractivity (Wildman–Crippen MR) is 77.3 cm³/mol. The minimum atomic E-state index is 0.130. The lowest BCUT2D eigenvalue weighted by molar-refractivity contribution is 0.168. The molecule has 0 radical (unpaired) electrons. The molecule has 0 fully saturated rings. The molecule has 3 heteroatoms. The highest BCUT2D eigenvalue weighted by atomic mass is 16.5. The molecule has 0 amide bonds. The Labute approximate surface area is 115 Å². The molecule has 0 saturated heterocycles. The first-order valence-electron chi connectivity index (χ1n) is 7.14. The molecule has 104 valence electrons. The maximum atomic E-state index is 5.80. The van der Waals surface area contributed by atoms with Crippen LogP contribution in [0.1, 0.15) is 38.3 Å². The Morgan fingerprint density at radius 1 is 1.37 bits per heavy atom. The standard InChI is InChI=1S/C16H23NO2/c1-3-17-16(15-10-5-6-11-19-15)13-8-7-9-14(12-13)18-4-2/h7-10,12,16-17H,3-6,11H2,1-2H3. The van der Waals surface area contributed by atoms with E-state index in [0.29, 0.717) is 6.61 Å². The molecule has 1 unspecified atom stereocenters. The molecule has 1 N–H and O–H groups in total. The fraction of sp³-hybridized carbons (Fsp3) is 0.500. The Hall–Kier alpha value is -1.48. The molecule has 1 atom stereocenters. The highest BCUT2D eigenvalue weighted by Crippen LogP contribution is 2.28. The topological polar surface area (TPSA) is 30.5 Å². The quantitative estimate of drug-likeness (QED) is 0.851. The fourth-order valence-electron chi connectivity index (χ4n) is 2.32. The number of allylic oxidation sites excluding steroid dienone is 1. The normalized spacial score (nSPS) is 16.4. The molecule has 1 aliphatic rings. The summed E-state index contributed by atoms with van der Waals surface area (Å²) in [6, 6.07) is 8.37. The van der Waals surface area contributed by atoms with E-state index in [0.717, 1.165) is 37.5 Å². The lowest BCUT2D eigenvalue weighted by Gasteiger charge is -2.25. The van der Waals surface area contributed by atoms with Gasteiger partial charge in [-0.2, -0.15) is 0 Å². The van der Waals surface area contributed by atoms with Crippen molar-refractivity contribution in [2.24, 2.45) is 0 Å². The molecular weight excluding hydrogens is 238 g/mol. The second-order valence-corrected chi connectivity index (χ2v) is 4.59. The molecule has 3 nitrogen and oxygen atoms in total. The molecule has 0 saturated carbocycles. The van der Waals surface area contributed by atoms with Crippen molar-refractivity contribution in [2.45, 2.75) is 32.7 Å². The molecule has 0 aliphatic carbocycles. The summed E-state index contributed by atoms with van der Waals surface area (Å²) >= 11 is 0. The number of ether oxygens (including phenoxy) is 2. The molecular formula is C16H23NO2. The van der Waals surface area contributed by atoms with Crippen molar-refractivity contribution in [3.05, 3.63) is 41.7 Å². The van der Waals surface area contributed by atoms with Crippen molar-refractivity contribution in [3.8, 4) is 5.75 Å². The first kappa shape index (κ1) is 13.9. The van der Waals surface area contributed by atoms with Crippen LogP contribution in [0.5, 0.6) is 5.75 Å². The summed E-state index contributed by atoms with van der Waals surface area (Å²) in [5.41, 5.74) is 1.20. The van der Waals surface area contributed by atoms with Gasteiger partial charge in [0, 0.05) is 0 Å². The smallest absolute Gasteiger partial charge is 0.119 e. The zero-order valence-corrected chi connectivity index (χ0v) is 11.8. The zero-order chi connectivity index (χ0) is 13.5. The molecule has 1 aromatic carbocycles. The van der Waals surface area contributed by atoms with Crippen LogP contribution in [0.4, 0.5) is 0 Å². The Balaban J connectivity index is 2.22. The summed E-state index contributed by atoms with van der Waals surface area (Å²) in [6.07, 6.45) is 4.41. The van der Waals surface area contributed by atoms with Gasteiger partial charge in [0.25, 0.3) is 0 Å². The van der Waals surface area contributed by atoms with E-state index in [1.807, 2.05) is 19.1 Å². The van der Waals surface area contributed by atoms with Crippen LogP contribution in [0, 0.1) is 0 Å². The maximum absolute atomic E-state index is 5.80. The summed E-state index contributed by atoms with van der Waals surface area (Å²) in [5.74, 6) is 1.96. The molecule has 0 aromatic heterocycles. The summed E-state index contributed by atoms with van der Waals surface area (Å²) in [6.45, 7) is 6.53. The number of nitrogens with one attached hydrogen (secondary N) is 1. The monoisotopic (exact) mass is 261 g/mol. The van der Waals surface area contributed by atoms with Gasteiger partial charge in [-0.05, 0) is 50.1 Å². The van der Waals surface area contributed by atoms with Crippen molar-refractivity contribution in [3.63, 3.8) is 0 Å². The minimum absolute atomic E-state index is 0.130. The van der Waals surface area contributed by atoms with Crippen LogP contribution in [0.25, 0.3) is 0 Å². The Morgan fingerprint density at radius 2 is 2.26 bits per heavy atom. The highest BCUT2D eigenvalue weighted by Gasteiger charge is 2.19. The van der Waals surface area contributed by atoms with Gasteiger partial charge in [-0.25, -0.2) is 0 Å². The first-order valence-corrected chi connectivity index (χ1v) is 7.14. The summed E-state index contributed by atoms with van der Waals surface area (Å²) < 4.78 is 11.4. The number of benzene rings is 1. The van der Waals surface area contributed by atoms with Crippen LogP contribution in [0.2, 0.25) is 0 Å². The third-order valence-corrected chi connectivity index (χ3v) is 3.16. The summed E-state index contributed by atoms with van der Waals surface area (Å²) in [5, 5.41) is 3.49. The van der Waals surface area contributed by atoms with E-state index in [2.05, 4.69) is 30.4 Å². The number of rotatable bonds is 6. The maximum Gasteiger partial charge on any atom is 0.119 e. The van der Waals surface area contributed by atoms with E-state index in [1.54, 1.807) is 0 Å². The van der Waals surface area contributed by atoms with Gasteiger partial charge in [0.2, 0.25) is 0 Å². The van der Waals surface area contributed by atoms with Gasteiger partial charge in [0.15, 0.2) is 0 Å². The third kappa shape index (κ3) is 3.74. The largest absolute Gasteiger partial charge is 0.496 e. The van der Waals surface area contributed by atoms with Crippen molar-refractivity contribution in [1.82, 2.24) is 5.32 Å². The van der Waals surface area contributed by atoms with E-state index in [1.165, 1.54) is 5.56 Å². The van der Waals surface area contributed by atoms with Gasteiger partial charge in [0.1, 0.15) is 11.5 Å². The second kappa shape index (κ2) is 7.19. The SMILES string of the molecule is CCNC(C1=CCCCO1)c1cccc(OCC)c1. The van der Waals surface area contributed by atoms with Crippen LogP contribution in [0.3, 0.4) is 0 Å². The number of likely N-dealkylation sites (N-methyl/N-ethyl adjacent to an activating group) is 1. The van der Waals surface area contributed by atoms with Crippen molar-refractivity contribution >= 4 is 0 Å². The molecule has 2 rings (SSSR count). The highest BCUT2D eigenvalue weighted by molar-refractivity contribution is 5.34. The predicted octanol–water partition coefficient (Wildman–Crippen LogP) is 3.43. The first-order chi connectivity index (χ1) is 9.35. The van der Waals surface area contributed by atoms with E-state index in [4.69, 9.17) is 9.47 Å². The van der Waals surface area contributed by atoms with Crippen LogP contribution in [-0.4, -0.2) is 19.8 Å². The molecule has 1 aromatic rings. The van der Waals surface area contributed by atoms with Crippen molar-refractivity contribution < 1.29 is 9.47 Å². The van der Waals surface area contributed by atoms with Crippen LogP contribution < -0.4 is 10.1 Å². The molecule has 0 spiro atoms. The average molecular weight is 261 g/mol. The van der Waals surface area contributed by atoms with Crippen LogP contribution in [0.15, 0.2) is 36.1 Å². The molecule has 1 aliphatic heterocycles. The number of hydrogen-bond donors (Lipinski definition) is 1. The van der Waals surface area contributed by atoms with Gasteiger partial charge >= 0.3 is 0 Å². The number of hydrogen-bond acceptors (Lipinski definition) is 3. The average Bonchev–Trinajstić information content (AvgIpc) is 2.46. The fourth-order valence-corrected chi connectivity index (χ4v) is 2.32. The minimum Gasteiger partial charge on any atom is -0.496 e. The Kier molecular flexibility index (Phi) is 5.28. The van der Waals surface area contributed by atoms with Crippen molar-refractivity contribution in [1.29, 1.82) is 0 Å². The van der Waals surface area contributed by atoms with Gasteiger partial charge in [-0.3, -0.25) is 0 Å². The van der Waals surface area contributed by atoms with E-state index in [9.17, 15) is 0 Å². The van der Waals surface area contributed by atoms with Crippen LogP contribution >= 0.6 is 0 Å². The lowest BCUT2D eigenvalue weighted by Crippen LogP contribution is -2.25. The zero-order valence-electron chi connectivity index (χ0n) is 11.8. The lowest BCUT2D eigenvalue weighted by atomic mass is 10.0. The van der Waals surface area contributed by atoms with E-state index in [-0.39, 0.29) is 6.04 Å². The van der Waals surface area contributed by atoms with E-state index < -0.39 is 0 Å². The van der Waals surface area contributed by atoms with Gasteiger partial charge in [-0.15, -0.1) is 0 Å². The van der Waals surface area contributed by atoms with Crippen molar-refractivity contribution in [2.75, 3.05) is 19.8 Å². The van der Waals surface area contributed by atoms with Gasteiger partial charge in [-0.1, -0.05) is 19.1 Å². The summed E-state index contributed by atoms with van der Waals surface area (Å²) in [7, 11) is 0. The van der Waals surface area contributed by atoms with E-state index >= 15 is 0 Å². The molecule has 19 heavy (non-hydrogen) atoms. The molecule has 0 bridgehead atoms. The third-order valence-electron chi connectivity index (χ3n) is 3.16. The Morgan fingerprint density at radius 3 is 2.95 bits per heavy atom. The van der Waals surface area contributed by atoms with Gasteiger partial charge < -0.3 is 14.8 Å². The molecule has 1 heterocycles. The van der Waals surface area contributed by atoms with Crippen LogP contribution in [-0.2, 0) is 4.74 Å². The second-order valence-electron chi connectivity index (χ2n) is 4.59. The Bertz CT molecular complexity index is 429. The summed E-state index contributed by atoms with van der Waals surface area (Å²) in [4.78, 5) is 0.